The van der Waals surface area contributed by atoms with Gasteiger partial charge >= 0.3 is 0 Å². The number of nitro groups is 3. The molecular weight excluding hydrogens is 813 g/mol. The number of hydrogen-bond acceptors (Lipinski definition) is 13. The van der Waals surface area contributed by atoms with Gasteiger partial charge in [-0.2, -0.15) is 0 Å². The van der Waals surface area contributed by atoms with Gasteiger partial charge in [-0.3, -0.25) is 54.5 Å². The molecule has 0 unspecified atom stereocenters. The van der Waals surface area contributed by atoms with E-state index in [1.165, 1.54) is 61.0 Å². The lowest BCUT2D eigenvalue weighted by Gasteiger charge is -2.25. The van der Waals surface area contributed by atoms with Crippen LogP contribution in [0.2, 0.25) is 15.1 Å². The van der Waals surface area contributed by atoms with E-state index in [2.05, 4.69) is 20.9 Å². The largest absolute Gasteiger partial charge is 0.379 e. The Hall–Kier alpha value is -5.02. The number of morpholine rings is 1. The molecule has 0 aromatic heterocycles. The molecule has 2 aliphatic heterocycles. The van der Waals surface area contributed by atoms with Gasteiger partial charge in [0.2, 0.25) is 17.7 Å². The second-order valence-electron chi connectivity index (χ2n) is 12.9. The van der Waals surface area contributed by atoms with E-state index in [-0.39, 0.29) is 62.9 Å². The fourth-order valence-electron chi connectivity index (χ4n) is 5.30. The summed E-state index contributed by atoms with van der Waals surface area (Å²) in [5.74, 6) is -0.587. The van der Waals surface area contributed by atoms with Crippen molar-refractivity contribution in [3.63, 3.8) is 0 Å². The molecule has 0 atom stereocenters. The summed E-state index contributed by atoms with van der Waals surface area (Å²) in [6.07, 6.45) is 3.45. The Kier molecular flexibility index (Phi) is 18.9. The number of benzene rings is 3. The lowest BCUT2D eigenvalue weighted by Crippen LogP contribution is -2.41. The Morgan fingerprint density at radius 3 is 1.30 bits per heavy atom. The normalized spacial score (nSPS) is 14.2. The van der Waals surface area contributed by atoms with Crippen molar-refractivity contribution in [2.45, 2.75) is 19.3 Å². The van der Waals surface area contributed by atoms with Crippen LogP contribution in [0.4, 0.5) is 34.1 Å². The molecule has 3 aromatic carbocycles. The van der Waals surface area contributed by atoms with Gasteiger partial charge < -0.3 is 25.6 Å². The van der Waals surface area contributed by atoms with Crippen LogP contribution in [0.15, 0.2) is 54.6 Å². The van der Waals surface area contributed by atoms with Crippen molar-refractivity contribution in [2.24, 2.45) is 0 Å². The van der Waals surface area contributed by atoms with Crippen molar-refractivity contribution in [1.82, 2.24) is 14.7 Å². The Morgan fingerprint density at radius 2 is 0.965 bits per heavy atom. The summed E-state index contributed by atoms with van der Waals surface area (Å²) in [5, 5.41) is 40.1. The lowest BCUT2D eigenvalue weighted by atomic mass is 10.1. The first-order valence-corrected chi connectivity index (χ1v) is 18.5. The first-order valence-electron chi connectivity index (χ1n) is 17.4. The number of ether oxygens (including phenoxy) is 1. The molecule has 57 heavy (non-hydrogen) atoms. The number of anilines is 3. The van der Waals surface area contributed by atoms with Crippen molar-refractivity contribution in [2.75, 3.05) is 89.1 Å². The van der Waals surface area contributed by atoms with Crippen LogP contribution >= 0.6 is 34.8 Å². The van der Waals surface area contributed by atoms with Gasteiger partial charge in [-0.1, -0.05) is 41.2 Å². The minimum atomic E-state index is -0.544. The smallest absolute Gasteiger partial charge is 0.271 e. The Balaban J connectivity index is 0.000000230. The number of likely N-dealkylation sites (tertiary alicyclic amines) is 1. The average Bonchev–Trinajstić information content (AvgIpc) is 3.15. The number of hydrogen-bond donors (Lipinski definition) is 3. The van der Waals surface area contributed by atoms with Gasteiger partial charge in [0.15, 0.2) is 0 Å². The van der Waals surface area contributed by atoms with E-state index in [1.54, 1.807) is 19.0 Å². The number of nitro benzene ring substituents is 3. The Bertz CT molecular complexity index is 1820. The third-order valence-electron chi connectivity index (χ3n) is 8.06. The zero-order valence-electron chi connectivity index (χ0n) is 31.1. The number of non-ortho nitro benzene ring substituents is 3. The molecule has 0 aliphatic carbocycles. The summed E-state index contributed by atoms with van der Waals surface area (Å²) < 4.78 is 5.20. The van der Waals surface area contributed by atoms with Gasteiger partial charge in [0.05, 0.1) is 79.7 Å². The van der Waals surface area contributed by atoms with Crippen LogP contribution in [0, 0.1) is 30.3 Å². The molecule has 2 fully saturated rings. The van der Waals surface area contributed by atoms with Crippen molar-refractivity contribution in [1.29, 1.82) is 0 Å². The molecule has 308 valence electrons. The Labute approximate surface area is 342 Å². The van der Waals surface area contributed by atoms with Crippen LogP contribution in [0.1, 0.15) is 19.3 Å². The van der Waals surface area contributed by atoms with Crippen LogP contribution in [0.25, 0.3) is 0 Å². The number of likely N-dealkylation sites (N-methyl/N-ethyl adjacent to an activating group) is 1. The van der Waals surface area contributed by atoms with E-state index < -0.39 is 14.8 Å². The fourth-order valence-corrected chi connectivity index (χ4v) is 5.96. The molecule has 0 radical (unpaired) electrons. The predicted molar refractivity (Wildman–Crippen MR) is 216 cm³/mol. The number of amides is 3. The number of carbonyl (C=O) groups is 3. The van der Waals surface area contributed by atoms with E-state index >= 15 is 0 Å². The average molecular weight is 855 g/mol. The second kappa shape index (κ2) is 23.3. The van der Waals surface area contributed by atoms with Gasteiger partial charge in [0, 0.05) is 49.5 Å². The van der Waals surface area contributed by atoms with Crippen LogP contribution in [-0.4, -0.2) is 120 Å². The zero-order chi connectivity index (χ0) is 42.1. The number of rotatable bonds is 12. The van der Waals surface area contributed by atoms with E-state index in [9.17, 15) is 44.7 Å². The zero-order valence-corrected chi connectivity index (χ0v) is 33.3. The Morgan fingerprint density at radius 1 is 0.614 bits per heavy atom. The monoisotopic (exact) mass is 853 g/mol. The molecule has 2 heterocycles. The summed E-state index contributed by atoms with van der Waals surface area (Å²) in [5.41, 5.74) is 0.824. The first-order chi connectivity index (χ1) is 27.0. The molecule has 19 nitrogen and oxygen atoms in total. The maximum absolute atomic E-state index is 11.9. The minimum absolute atomic E-state index is 0.0935. The lowest BCUT2D eigenvalue weighted by molar-refractivity contribution is -0.385. The molecule has 2 saturated heterocycles. The summed E-state index contributed by atoms with van der Waals surface area (Å²) in [6, 6.07) is 11.9. The number of carbonyl (C=O) groups excluding carboxylic acids is 3. The van der Waals surface area contributed by atoms with Crippen LogP contribution in [0.5, 0.6) is 0 Å². The van der Waals surface area contributed by atoms with Crippen molar-refractivity contribution >= 4 is 86.6 Å². The van der Waals surface area contributed by atoms with Crippen molar-refractivity contribution in [3.05, 3.63) is 100 Å². The number of halogens is 3. The topological polar surface area (TPSA) is 236 Å². The van der Waals surface area contributed by atoms with E-state index in [0.29, 0.717) is 49.9 Å². The number of piperidine rings is 1. The minimum Gasteiger partial charge on any atom is -0.379 e. The maximum Gasteiger partial charge on any atom is 0.271 e. The molecule has 0 bridgehead atoms. The summed E-state index contributed by atoms with van der Waals surface area (Å²) in [4.78, 5) is 71.1. The molecule has 0 spiro atoms. The van der Waals surface area contributed by atoms with Gasteiger partial charge in [0.1, 0.15) is 0 Å². The van der Waals surface area contributed by atoms with Gasteiger partial charge in [-0.15, -0.1) is 0 Å². The standard InChI is InChI=1S/C13H16ClN3O3.C12H14ClN3O4.C10H12ClN3O3/c14-11-8-10(17(19)20)4-5-12(11)15-13(18)9-16-6-2-1-3-7-16;13-10-7-9(16(18)19)1-2-11(10)14-12(17)8-15-3-5-20-6-4-15;1-13(2)6-10(15)12-9-4-3-7(14(16)17)5-8(9)11/h4-5,8H,1-3,6-7,9H2,(H,15,18);1-2,7H,3-6,8H2,(H,14,17);3-5H,6H2,1-2H3,(H,12,15). The van der Waals surface area contributed by atoms with E-state index in [1.807, 2.05) is 4.90 Å². The highest BCUT2D eigenvalue weighted by molar-refractivity contribution is 6.34. The summed E-state index contributed by atoms with van der Waals surface area (Å²) >= 11 is 17.7. The third kappa shape index (κ3) is 16.5. The highest BCUT2D eigenvalue weighted by Gasteiger charge is 2.18. The molecule has 22 heteroatoms. The molecule has 2 aliphatic rings. The highest BCUT2D eigenvalue weighted by Crippen LogP contribution is 2.28. The summed E-state index contributed by atoms with van der Waals surface area (Å²) in [7, 11) is 3.52. The fraction of sp³-hybridized carbons (Fsp3) is 0.400. The van der Waals surface area contributed by atoms with Crippen molar-refractivity contribution in [3.8, 4) is 0 Å². The predicted octanol–water partition coefficient (Wildman–Crippen LogP) is 5.94. The molecule has 3 amide bonds. The van der Waals surface area contributed by atoms with Gasteiger partial charge in [-0.25, -0.2) is 0 Å². The molecular formula is C35H42Cl3N9O10. The number of nitrogens with one attached hydrogen (secondary N) is 3. The van der Waals surface area contributed by atoms with Gasteiger partial charge in [0.25, 0.3) is 17.1 Å². The van der Waals surface area contributed by atoms with Crippen LogP contribution in [0.3, 0.4) is 0 Å². The first kappa shape index (κ1) is 46.4. The SMILES string of the molecule is CN(C)CC(=O)Nc1ccc([N+](=O)[O-])cc1Cl.O=C(CN1CCCCC1)Nc1ccc([N+](=O)[O-])cc1Cl.O=C(CN1CCOCC1)Nc1ccc([N+](=O)[O-])cc1Cl. The second-order valence-corrected chi connectivity index (χ2v) is 14.1. The van der Waals surface area contributed by atoms with Crippen molar-refractivity contribution < 1.29 is 33.9 Å². The van der Waals surface area contributed by atoms with E-state index in [0.717, 1.165) is 25.9 Å². The molecule has 5 rings (SSSR count). The van der Waals surface area contributed by atoms with Gasteiger partial charge in [-0.05, 0) is 58.2 Å². The third-order valence-corrected chi connectivity index (χ3v) is 9.00. The quantitative estimate of drug-likeness (QED) is 0.142. The molecule has 3 N–H and O–H groups in total. The molecule has 0 saturated carbocycles. The highest BCUT2D eigenvalue weighted by atomic mass is 35.5. The number of nitrogens with zero attached hydrogens (tertiary/aromatic N) is 6. The van der Waals surface area contributed by atoms with Crippen LogP contribution in [-0.2, 0) is 19.1 Å². The molecule has 3 aromatic rings. The maximum atomic E-state index is 11.9. The van der Waals surface area contributed by atoms with Crippen LogP contribution < -0.4 is 16.0 Å². The van der Waals surface area contributed by atoms with E-state index in [4.69, 9.17) is 39.5 Å². The summed E-state index contributed by atoms with van der Waals surface area (Å²) in [6.45, 7) is 5.31.